The number of phenolic OH excluding ortho intramolecular Hbond substituents is 1. The lowest BCUT2D eigenvalue weighted by Gasteiger charge is -2.39. The molecule has 0 heterocycles. The van der Waals surface area contributed by atoms with E-state index in [0.717, 1.165) is 23.7 Å². The van der Waals surface area contributed by atoms with Crippen molar-refractivity contribution in [2.45, 2.75) is 19.3 Å². The van der Waals surface area contributed by atoms with Gasteiger partial charge in [0.05, 0.1) is 11.1 Å². The summed E-state index contributed by atoms with van der Waals surface area (Å²) in [5.74, 6) is -0.0345. The minimum absolute atomic E-state index is 0.0630. The third-order valence-electron chi connectivity index (χ3n) is 3.39. The average molecular weight is 299 g/mol. The Balaban J connectivity index is 2.15. The summed E-state index contributed by atoms with van der Waals surface area (Å²) in [6.45, 7) is 0.355. The van der Waals surface area contributed by atoms with Crippen LogP contribution in [0.25, 0.3) is 0 Å². The molecule has 4 N–H and O–H groups in total. The number of aromatic hydroxyl groups is 1. The number of hydrogen-bond acceptors (Lipinski definition) is 3. The topological polar surface area (TPSA) is 75.4 Å². The van der Waals surface area contributed by atoms with E-state index in [0.29, 0.717) is 12.2 Å². The molecule has 4 nitrogen and oxygen atoms in total. The van der Waals surface area contributed by atoms with Crippen LogP contribution in [0.1, 0.15) is 19.3 Å². The largest absolute Gasteiger partial charge is 0.506 e. The molecule has 0 unspecified atom stereocenters. The highest BCUT2D eigenvalue weighted by Crippen LogP contribution is 2.41. The van der Waals surface area contributed by atoms with E-state index in [2.05, 4.69) is 21.2 Å². The molecule has 1 aromatic rings. The molecule has 0 radical (unpaired) electrons. The number of nitrogens with two attached hydrogens (primary N) is 1. The van der Waals surface area contributed by atoms with Crippen LogP contribution in [0.15, 0.2) is 22.7 Å². The number of rotatable bonds is 3. The fraction of sp³-hybridized carbons (Fsp3) is 0.417. The number of phenols is 1. The molecular formula is C12H15BrN2O2. The van der Waals surface area contributed by atoms with Crippen LogP contribution in [0.2, 0.25) is 0 Å². The maximum Gasteiger partial charge on any atom is 0.231 e. The van der Waals surface area contributed by atoms with Gasteiger partial charge in [-0.05, 0) is 31.0 Å². The lowest BCUT2D eigenvalue weighted by atomic mass is 9.68. The van der Waals surface area contributed by atoms with Gasteiger partial charge in [-0.2, -0.15) is 0 Å². The smallest absolute Gasteiger partial charge is 0.231 e. The molecule has 1 aliphatic carbocycles. The minimum atomic E-state index is -0.436. The molecule has 1 aromatic carbocycles. The zero-order chi connectivity index (χ0) is 12.5. The van der Waals surface area contributed by atoms with Gasteiger partial charge in [0.2, 0.25) is 5.91 Å². The van der Waals surface area contributed by atoms with Gasteiger partial charge in [0.1, 0.15) is 5.75 Å². The van der Waals surface area contributed by atoms with Crippen molar-refractivity contribution >= 4 is 27.5 Å². The summed E-state index contributed by atoms with van der Waals surface area (Å²) in [6.07, 6.45) is 2.68. The van der Waals surface area contributed by atoms with Crippen LogP contribution in [-0.2, 0) is 4.79 Å². The monoisotopic (exact) mass is 298 g/mol. The van der Waals surface area contributed by atoms with Crippen LogP contribution >= 0.6 is 15.9 Å². The Bertz CT molecular complexity index is 439. The number of nitrogens with one attached hydrogen (secondary N) is 1. The van der Waals surface area contributed by atoms with E-state index < -0.39 is 5.41 Å². The summed E-state index contributed by atoms with van der Waals surface area (Å²) >= 11 is 3.30. The molecule has 0 bridgehead atoms. The van der Waals surface area contributed by atoms with E-state index >= 15 is 0 Å². The third-order valence-corrected chi connectivity index (χ3v) is 3.88. The van der Waals surface area contributed by atoms with E-state index in [-0.39, 0.29) is 11.7 Å². The number of benzene rings is 1. The molecule has 1 aliphatic rings. The van der Waals surface area contributed by atoms with Gasteiger partial charge in [-0.3, -0.25) is 4.79 Å². The standard InChI is InChI=1S/C12H15BrN2O2/c13-8-2-3-10(16)9(6-8)15-11(17)12(7-14)4-1-5-12/h2-3,6,16H,1,4-5,7,14H2,(H,15,17). The molecule has 92 valence electrons. The van der Waals surface area contributed by atoms with E-state index in [4.69, 9.17) is 5.73 Å². The summed E-state index contributed by atoms with van der Waals surface area (Å²) in [6, 6.07) is 4.93. The highest BCUT2D eigenvalue weighted by Gasteiger charge is 2.42. The van der Waals surface area contributed by atoms with Crippen molar-refractivity contribution in [2.24, 2.45) is 11.1 Å². The molecule has 1 fully saturated rings. The molecule has 0 atom stereocenters. The Labute approximate surface area is 108 Å². The molecule has 0 saturated heterocycles. The van der Waals surface area contributed by atoms with Gasteiger partial charge < -0.3 is 16.2 Å². The Morgan fingerprint density at radius 1 is 1.53 bits per heavy atom. The van der Waals surface area contributed by atoms with Gasteiger partial charge in [0.25, 0.3) is 0 Å². The Kier molecular flexibility index (Phi) is 3.40. The number of anilines is 1. The molecule has 0 aromatic heterocycles. The SMILES string of the molecule is NCC1(C(=O)Nc2cc(Br)ccc2O)CCC1. The molecule has 0 spiro atoms. The quantitative estimate of drug-likeness (QED) is 0.749. The lowest BCUT2D eigenvalue weighted by molar-refractivity contribution is -0.129. The second kappa shape index (κ2) is 4.66. The number of halogens is 1. The van der Waals surface area contributed by atoms with E-state index in [1.807, 2.05) is 0 Å². The Hall–Kier alpha value is -1.07. The summed E-state index contributed by atoms with van der Waals surface area (Å²) in [7, 11) is 0. The highest BCUT2D eigenvalue weighted by atomic mass is 79.9. The van der Waals surface area contributed by atoms with E-state index in [1.165, 1.54) is 6.07 Å². The molecule has 1 amide bonds. The maximum absolute atomic E-state index is 12.1. The molecule has 5 heteroatoms. The summed E-state index contributed by atoms with van der Waals surface area (Å²) < 4.78 is 0.806. The number of carbonyl (C=O) groups excluding carboxylic acids is 1. The fourth-order valence-corrected chi connectivity index (χ4v) is 2.35. The zero-order valence-electron chi connectivity index (χ0n) is 9.37. The second-order valence-electron chi connectivity index (χ2n) is 4.45. The first-order valence-corrected chi connectivity index (χ1v) is 6.37. The Morgan fingerprint density at radius 3 is 2.76 bits per heavy atom. The van der Waals surface area contributed by atoms with E-state index in [9.17, 15) is 9.90 Å². The summed E-state index contributed by atoms with van der Waals surface area (Å²) in [5.41, 5.74) is 5.64. The predicted molar refractivity (Wildman–Crippen MR) is 69.8 cm³/mol. The first-order chi connectivity index (χ1) is 8.07. The second-order valence-corrected chi connectivity index (χ2v) is 5.37. The van der Waals surface area contributed by atoms with Gasteiger partial charge >= 0.3 is 0 Å². The minimum Gasteiger partial charge on any atom is -0.506 e. The number of amides is 1. The molecule has 17 heavy (non-hydrogen) atoms. The van der Waals surface area contributed by atoms with Crippen molar-refractivity contribution in [3.05, 3.63) is 22.7 Å². The van der Waals surface area contributed by atoms with Gasteiger partial charge in [-0.15, -0.1) is 0 Å². The third kappa shape index (κ3) is 2.30. The first kappa shape index (κ1) is 12.4. The number of hydrogen-bond donors (Lipinski definition) is 3. The van der Waals surface area contributed by atoms with Gasteiger partial charge in [-0.1, -0.05) is 22.4 Å². The predicted octanol–water partition coefficient (Wildman–Crippen LogP) is 2.22. The Morgan fingerprint density at radius 2 is 2.24 bits per heavy atom. The van der Waals surface area contributed by atoms with Crippen LogP contribution in [0.5, 0.6) is 5.75 Å². The van der Waals surface area contributed by atoms with Crippen molar-refractivity contribution in [1.82, 2.24) is 0 Å². The fourth-order valence-electron chi connectivity index (χ4n) is 1.99. The summed E-state index contributed by atoms with van der Waals surface area (Å²) in [4.78, 5) is 12.1. The van der Waals surface area contributed by atoms with Crippen LogP contribution in [0, 0.1) is 5.41 Å². The van der Waals surface area contributed by atoms with Crippen molar-refractivity contribution in [3.8, 4) is 5.75 Å². The molecule has 1 saturated carbocycles. The van der Waals surface area contributed by atoms with Gasteiger partial charge in [0, 0.05) is 11.0 Å². The lowest BCUT2D eigenvalue weighted by Crippen LogP contribution is -2.47. The zero-order valence-corrected chi connectivity index (χ0v) is 11.0. The average Bonchev–Trinajstić information content (AvgIpc) is 2.23. The molecule has 2 rings (SSSR count). The van der Waals surface area contributed by atoms with Crippen molar-refractivity contribution in [1.29, 1.82) is 0 Å². The highest BCUT2D eigenvalue weighted by molar-refractivity contribution is 9.10. The van der Waals surface area contributed by atoms with Crippen LogP contribution in [-0.4, -0.2) is 17.6 Å². The number of carbonyl (C=O) groups is 1. The van der Waals surface area contributed by atoms with Gasteiger partial charge in [-0.25, -0.2) is 0 Å². The van der Waals surface area contributed by atoms with Crippen LogP contribution in [0.3, 0.4) is 0 Å². The van der Waals surface area contributed by atoms with E-state index in [1.54, 1.807) is 12.1 Å². The summed E-state index contributed by atoms with van der Waals surface area (Å²) in [5, 5.41) is 12.4. The van der Waals surface area contributed by atoms with Crippen LogP contribution < -0.4 is 11.1 Å². The van der Waals surface area contributed by atoms with Gasteiger partial charge in [0.15, 0.2) is 0 Å². The molecule has 0 aliphatic heterocycles. The van der Waals surface area contributed by atoms with Crippen molar-refractivity contribution < 1.29 is 9.90 Å². The van der Waals surface area contributed by atoms with Crippen LogP contribution in [0.4, 0.5) is 5.69 Å². The van der Waals surface area contributed by atoms with Crippen molar-refractivity contribution in [3.63, 3.8) is 0 Å². The normalized spacial score (nSPS) is 17.3. The van der Waals surface area contributed by atoms with Crippen molar-refractivity contribution in [2.75, 3.05) is 11.9 Å². The molecular weight excluding hydrogens is 284 g/mol. The maximum atomic E-state index is 12.1. The first-order valence-electron chi connectivity index (χ1n) is 5.57.